The summed E-state index contributed by atoms with van der Waals surface area (Å²) in [6.45, 7) is 3.68. The number of rotatable bonds is 1. The van der Waals surface area contributed by atoms with Crippen molar-refractivity contribution in [3.05, 3.63) is 46.7 Å². The molecule has 1 heterocycles. The van der Waals surface area contributed by atoms with E-state index in [1.165, 1.54) is 12.1 Å². The van der Waals surface area contributed by atoms with Crippen molar-refractivity contribution >= 4 is 12.9 Å². The van der Waals surface area contributed by atoms with E-state index in [0.29, 0.717) is 16.9 Å². The van der Waals surface area contributed by atoms with E-state index in [-0.39, 0.29) is 7.24 Å². The molecule has 0 unspecified atom stereocenters. The molecule has 1 aromatic heterocycles. The Kier molecular flexibility index (Phi) is 2.37. The third-order valence-corrected chi connectivity index (χ3v) is 2.20. The molecule has 2 rings (SSSR count). The van der Waals surface area contributed by atoms with E-state index < -0.39 is 0 Å². The van der Waals surface area contributed by atoms with Gasteiger partial charge in [-0.25, -0.2) is 8.78 Å². The molecule has 15 heavy (non-hydrogen) atoms. The highest BCUT2D eigenvalue weighted by Gasteiger charge is 1.99. The molecule has 1 nitrogen and oxygen atoms in total. The van der Waals surface area contributed by atoms with E-state index in [1.807, 2.05) is 0 Å². The monoisotopic (exact) mass is 207 g/mol. The van der Waals surface area contributed by atoms with Crippen molar-refractivity contribution in [2.24, 2.45) is 0 Å². The Morgan fingerprint density at radius 2 is 1.93 bits per heavy atom. The highest BCUT2D eigenvalue weighted by Crippen LogP contribution is 2.14. The van der Waals surface area contributed by atoms with Gasteiger partial charge in [-0.3, -0.25) is 0 Å². The highest BCUT2D eigenvalue weighted by atomic mass is 19.1. The Hall–Kier alpha value is -1.90. The lowest BCUT2D eigenvalue weighted by molar-refractivity contribution is 0.628. The smallest absolute Gasteiger partial charge is 0.123 e. The van der Waals surface area contributed by atoms with Gasteiger partial charge in [0, 0.05) is 7.12 Å². The first-order valence-corrected chi connectivity index (χ1v) is 4.45. The highest BCUT2D eigenvalue weighted by molar-refractivity contribution is 5.59. The molecule has 2 aromatic rings. The lowest BCUT2D eigenvalue weighted by Gasteiger charge is -1.96. The van der Waals surface area contributed by atoms with Gasteiger partial charge in [0.05, 0.1) is 5.35 Å². The molecule has 0 aliphatic carbocycles. The van der Waals surface area contributed by atoms with Gasteiger partial charge >= 0.3 is 0 Å². The lowest BCUT2D eigenvalue weighted by Crippen LogP contribution is -2.18. The van der Waals surface area contributed by atoms with Crippen molar-refractivity contribution in [2.45, 2.75) is 0 Å². The third kappa shape index (κ3) is 1.81. The molecule has 1 N–H and O–H groups in total. The predicted octanol–water partition coefficient (Wildman–Crippen LogP) is 2.18. The minimum absolute atomic E-state index is 0. The second kappa shape index (κ2) is 3.69. The zero-order valence-corrected chi connectivity index (χ0v) is 7.93. The van der Waals surface area contributed by atoms with Crippen LogP contribution in [0.1, 0.15) is 1.43 Å². The van der Waals surface area contributed by atoms with Crippen LogP contribution in [-0.2, 0) is 0 Å². The van der Waals surface area contributed by atoms with Gasteiger partial charge < -0.3 is 4.98 Å². The van der Waals surface area contributed by atoms with Gasteiger partial charge in [0.1, 0.15) is 12.1 Å². The van der Waals surface area contributed by atoms with Gasteiger partial charge in [-0.1, -0.05) is 6.58 Å². The maximum atomic E-state index is 12.7. The zero-order chi connectivity index (χ0) is 10.8. The third-order valence-electron chi connectivity index (χ3n) is 2.20. The van der Waals surface area contributed by atoms with Crippen LogP contribution in [0.2, 0.25) is 0 Å². The van der Waals surface area contributed by atoms with Crippen LogP contribution in [-0.4, -0.2) is 4.98 Å². The Morgan fingerprint density at radius 1 is 1.27 bits per heavy atom. The van der Waals surface area contributed by atoms with E-state index in [0.717, 1.165) is 11.3 Å². The molecule has 0 fully saturated rings. The van der Waals surface area contributed by atoms with Crippen molar-refractivity contribution in [3.63, 3.8) is 0 Å². The van der Waals surface area contributed by atoms with E-state index in [4.69, 9.17) is 0 Å². The molecular weight excluding hydrogens is 196 g/mol. The molecule has 0 radical (unpaired) electrons. The number of hydrogen-bond acceptors (Lipinski definition) is 0. The summed E-state index contributed by atoms with van der Waals surface area (Å²) in [6, 6.07) is 7.69. The molecule has 3 heteroatoms. The topological polar surface area (TPSA) is 15.8 Å². The van der Waals surface area contributed by atoms with Gasteiger partial charge in [-0.05, 0) is 41.1 Å². The average Bonchev–Trinajstić information content (AvgIpc) is 2.61. The van der Waals surface area contributed by atoms with Crippen molar-refractivity contribution in [1.29, 1.82) is 0 Å². The van der Waals surface area contributed by atoms with Crippen LogP contribution >= 0.6 is 0 Å². The molecule has 0 amide bonds. The van der Waals surface area contributed by atoms with Gasteiger partial charge in [0.25, 0.3) is 0 Å². The fourth-order valence-electron chi connectivity index (χ4n) is 1.40. The van der Waals surface area contributed by atoms with Gasteiger partial charge in [0.15, 0.2) is 0 Å². The zero-order valence-electron chi connectivity index (χ0n) is 7.93. The van der Waals surface area contributed by atoms with E-state index in [1.54, 1.807) is 18.2 Å². The summed E-state index contributed by atoms with van der Waals surface area (Å²) in [5, 5.41) is 0.922. The van der Waals surface area contributed by atoms with Crippen LogP contribution in [0.4, 0.5) is 8.78 Å². The molecule has 0 aliphatic heterocycles. The summed E-state index contributed by atoms with van der Waals surface area (Å²) in [5.41, 5.74) is 1.53. The quantitative estimate of drug-likeness (QED) is 0.737. The SMILES string of the molecule is C=c1cc(-c2ccc(F)cc2)[nH]/c1=C\F.[HH]. The van der Waals surface area contributed by atoms with Crippen LogP contribution < -0.4 is 10.6 Å². The summed E-state index contributed by atoms with van der Waals surface area (Å²) in [7, 11) is 0. The predicted molar refractivity (Wildman–Crippen MR) is 58.6 cm³/mol. The maximum Gasteiger partial charge on any atom is 0.123 e. The number of aromatic amines is 1. The number of aromatic nitrogens is 1. The van der Waals surface area contributed by atoms with Crippen LogP contribution in [0.25, 0.3) is 24.2 Å². The van der Waals surface area contributed by atoms with E-state index in [9.17, 15) is 8.78 Å². The van der Waals surface area contributed by atoms with Gasteiger partial charge in [-0.2, -0.15) is 0 Å². The Labute approximate surface area is 86.9 Å². The van der Waals surface area contributed by atoms with Crippen molar-refractivity contribution in [1.82, 2.24) is 4.98 Å². The second-order valence-corrected chi connectivity index (χ2v) is 3.24. The largest absolute Gasteiger partial charge is 0.353 e. The molecular formula is C12H11F2N. The van der Waals surface area contributed by atoms with Crippen molar-refractivity contribution < 1.29 is 10.2 Å². The summed E-state index contributed by atoms with van der Waals surface area (Å²) >= 11 is 0. The standard InChI is InChI=1S/C12H9F2N.H2/c1-8-6-11(15-12(8)7-13)9-2-4-10(14)5-3-9;/h2-7,15H,1H2;1H/b12-7-;. The van der Waals surface area contributed by atoms with Crippen molar-refractivity contribution in [2.75, 3.05) is 0 Å². The first-order valence-electron chi connectivity index (χ1n) is 4.45. The number of benzene rings is 1. The first-order chi connectivity index (χ1) is 7.20. The van der Waals surface area contributed by atoms with Crippen LogP contribution in [0.15, 0.2) is 30.3 Å². The van der Waals surface area contributed by atoms with E-state index >= 15 is 0 Å². The number of halogens is 2. The molecule has 0 atom stereocenters. The number of nitrogens with one attached hydrogen (secondary N) is 1. The Bertz CT molecular complexity index is 572. The van der Waals surface area contributed by atoms with Crippen LogP contribution in [0, 0.1) is 5.82 Å². The number of H-pyrrole nitrogens is 1. The summed E-state index contributed by atoms with van der Waals surface area (Å²) in [4.78, 5) is 2.85. The second-order valence-electron chi connectivity index (χ2n) is 3.24. The fraction of sp³-hybridized carbons (Fsp3) is 0. The molecule has 0 saturated carbocycles. The van der Waals surface area contributed by atoms with E-state index in [2.05, 4.69) is 11.6 Å². The normalized spacial score (nSPS) is 12.0. The van der Waals surface area contributed by atoms with Crippen LogP contribution in [0.5, 0.6) is 0 Å². The Balaban J connectivity index is 0.00000128. The van der Waals surface area contributed by atoms with Gasteiger partial charge in [-0.15, -0.1) is 0 Å². The molecule has 78 valence electrons. The fourth-order valence-corrected chi connectivity index (χ4v) is 1.40. The Morgan fingerprint density at radius 3 is 2.47 bits per heavy atom. The first kappa shape index (κ1) is 9.65. The molecule has 1 aromatic carbocycles. The van der Waals surface area contributed by atoms with Gasteiger partial charge in [0.2, 0.25) is 0 Å². The van der Waals surface area contributed by atoms with Crippen LogP contribution in [0.3, 0.4) is 0 Å². The summed E-state index contributed by atoms with van der Waals surface area (Å²) in [6.07, 6.45) is 0.468. The maximum absolute atomic E-state index is 12.7. The minimum atomic E-state index is -0.294. The van der Waals surface area contributed by atoms with Crippen molar-refractivity contribution in [3.8, 4) is 11.3 Å². The molecule has 0 aliphatic rings. The molecule has 0 bridgehead atoms. The molecule has 0 spiro atoms. The number of hydrogen-bond donors (Lipinski definition) is 1. The molecule has 0 saturated heterocycles. The summed E-state index contributed by atoms with van der Waals surface area (Å²) in [5.74, 6) is -0.294. The average molecular weight is 207 g/mol. The summed E-state index contributed by atoms with van der Waals surface area (Å²) < 4.78 is 25.0. The minimum Gasteiger partial charge on any atom is -0.353 e. The lowest BCUT2D eigenvalue weighted by atomic mass is 10.1.